The van der Waals surface area contributed by atoms with Gasteiger partial charge in [-0.2, -0.15) is 0 Å². The van der Waals surface area contributed by atoms with E-state index in [9.17, 15) is 0 Å². The van der Waals surface area contributed by atoms with Crippen molar-refractivity contribution in [3.63, 3.8) is 0 Å². The van der Waals surface area contributed by atoms with Crippen molar-refractivity contribution in [3.05, 3.63) is 78.2 Å². The zero-order chi connectivity index (χ0) is 20.0. The summed E-state index contributed by atoms with van der Waals surface area (Å²) in [5.41, 5.74) is 5.11. The number of furan rings is 2. The van der Waals surface area contributed by atoms with Gasteiger partial charge in [-0.05, 0) is 0 Å². The Hall–Kier alpha value is -0.800. The summed E-state index contributed by atoms with van der Waals surface area (Å²) in [6, 6.07) is 8.29. The van der Waals surface area contributed by atoms with E-state index in [2.05, 4.69) is 65.1 Å². The molecule has 2 atom stereocenters. The fourth-order valence-corrected chi connectivity index (χ4v) is 24.2. The summed E-state index contributed by atoms with van der Waals surface area (Å²) >= 11 is -2.13. The van der Waals surface area contributed by atoms with E-state index in [4.69, 9.17) is 8.83 Å². The molecule has 30 heavy (non-hydrogen) atoms. The second kappa shape index (κ2) is 10.2. The largest absolute Gasteiger partial charge is 1.00 e. The van der Waals surface area contributed by atoms with Crippen molar-refractivity contribution in [2.75, 3.05) is 0 Å². The van der Waals surface area contributed by atoms with Gasteiger partial charge in [-0.3, -0.25) is 0 Å². The molecule has 6 heteroatoms. The zero-order valence-electron chi connectivity index (χ0n) is 18.3. The average Bonchev–Trinajstić information content (AvgIpc) is 3.38. The second-order valence-corrected chi connectivity index (χ2v) is 25.0. The molecule has 0 fully saturated rings. The molecule has 2 aromatic rings. The number of rotatable bonds is 4. The molecule has 0 bridgehead atoms. The minimum Gasteiger partial charge on any atom is -1.00 e. The molecule has 0 N–H and O–H groups in total. The number of hydrogen-bond acceptors (Lipinski definition) is 2. The van der Waals surface area contributed by atoms with Crippen molar-refractivity contribution in [2.24, 2.45) is 11.8 Å². The second-order valence-electron chi connectivity index (χ2n) is 8.18. The summed E-state index contributed by atoms with van der Waals surface area (Å²) in [5.74, 6) is 3.11. The van der Waals surface area contributed by atoms with Gasteiger partial charge in [0.15, 0.2) is 0 Å². The van der Waals surface area contributed by atoms with Crippen LogP contribution < -0.4 is 24.8 Å². The van der Waals surface area contributed by atoms with Gasteiger partial charge >= 0.3 is 177 Å². The van der Waals surface area contributed by atoms with Gasteiger partial charge < -0.3 is 24.8 Å². The van der Waals surface area contributed by atoms with Crippen LogP contribution in [0, 0.1) is 11.8 Å². The Balaban J connectivity index is 0.00000160. The van der Waals surface area contributed by atoms with Crippen molar-refractivity contribution in [2.45, 2.75) is 40.8 Å². The van der Waals surface area contributed by atoms with Gasteiger partial charge in [-0.25, -0.2) is 0 Å². The van der Waals surface area contributed by atoms with E-state index in [0.29, 0.717) is 11.8 Å². The smallest absolute Gasteiger partial charge is 1.00 e. The Morgan fingerprint density at radius 2 is 1.17 bits per heavy atom. The molecule has 0 saturated heterocycles. The van der Waals surface area contributed by atoms with Crippen molar-refractivity contribution < 1.29 is 54.0 Å². The van der Waals surface area contributed by atoms with Crippen LogP contribution in [0.15, 0.2) is 75.5 Å². The Labute approximate surface area is 200 Å². The first-order valence-electron chi connectivity index (χ1n) is 10.0. The molecule has 0 aromatic carbocycles. The fourth-order valence-electron chi connectivity index (χ4n) is 4.85. The number of hydrogen-bond donors (Lipinski definition) is 0. The van der Waals surface area contributed by atoms with Crippen LogP contribution >= 0.6 is 0 Å². The normalized spacial score (nSPS) is 20.3. The van der Waals surface area contributed by atoms with Crippen LogP contribution in [0.4, 0.5) is 0 Å². The van der Waals surface area contributed by atoms with Crippen molar-refractivity contribution in [3.8, 4) is 0 Å². The Kier molecular flexibility index (Phi) is 8.67. The minimum absolute atomic E-state index is 0. The van der Waals surface area contributed by atoms with Crippen LogP contribution in [0.2, 0.25) is 13.1 Å². The molecule has 0 radical (unpaired) electrons. The van der Waals surface area contributed by atoms with Gasteiger partial charge in [0.1, 0.15) is 0 Å². The minimum atomic E-state index is -2.13. The van der Waals surface area contributed by atoms with Gasteiger partial charge in [-0.1, -0.05) is 0 Å². The molecule has 2 aliphatic carbocycles. The molecule has 2 aromatic heterocycles. The summed E-state index contributed by atoms with van der Waals surface area (Å²) in [5, 5.41) is 0. The molecule has 158 valence electrons. The molecule has 0 aliphatic heterocycles. The van der Waals surface area contributed by atoms with Crippen LogP contribution in [-0.4, -0.2) is 5.43 Å². The van der Waals surface area contributed by atoms with Crippen molar-refractivity contribution in [1.29, 1.82) is 0 Å². The van der Waals surface area contributed by atoms with Crippen LogP contribution in [0.1, 0.15) is 39.2 Å². The molecular weight excluding hydrogens is 510 g/mol. The Bertz CT molecular complexity index is 986. The predicted octanol–water partition coefficient (Wildman–Crippen LogP) is 1.06. The van der Waals surface area contributed by atoms with Crippen LogP contribution in [0.5, 0.6) is 0 Å². The van der Waals surface area contributed by atoms with Crippen molar-refractivity contribution >= 4 is 16.6 Å². The van der Waals surface area contributed by atoms with E-state index < -0.39 is 25.8 Å². The molecular formula is C24H28Cl2O2SiZr. The summed E-state index contributed by atoms with van der Waals surface area (Å²) in [6.45, 7) is 14.3. The zero-order valence-corrected chi connectivity index (χ0v) is 23.3. The van der Waals surface area contributed by atoms with E-state index in [0.717, 1.165) is 11.5 Å². The third-order valence-electron chi connectivity index (χ3n) is 5.81. The first-order chi connectivity index (χ1) is 13.4. The van der Waals surface area contributed by atoms with E-state index in [1.165, 1.54) is 22.3 Å². The molecule has 0 spiro atoms. The Morgan fingerprint density at radius 3 is 1.47 bits per heavy atom. The predicted molar refractivity (Wildman–Crippen MR) is 115 cm³/mol. The van der Waals surface area contributed by atoms with Gasteiger partial charge in [0.2, 0.25) is 0 Å². The summed E-state index contributed by atoms with van der Waals surface area (Å²) in [4.78, 5) is 0. The van der Waals surface area contributed by atoms with E-state index in [1.807, 2.05) is 12.1 Å². The number of allylic oxidation sites excluding steroid dienone is 8. The maximum absolute atomic E-state index is 5.90. The molecule has 2 nitrogen and oxygen atoms in total. The van der Waals surface area contributed by atoms with Crippen LogP contribution in [0.25, 0.3) is 11.1 Å². The average molecular weight is 539 g/mol. The van der Waals surface area contributed by atoms with E-state index in [1.54, 1.807) is 19.1 Å². The van der Waals surface area contributed by atoms with Crippen LogP contribution in [0.3, 0.4) is 0 Å². The summed E-state index contributed by atoms with van der Waals surface area (Å²) in [6.07, 6.45) is 8.51. The van der Waals surface area contributed by atoms with E-state index >= 15 is 0 Å². The first kappa shape index (κ1) is 25.5. The molecule has 2 unspecified atom stereocenters. The van der Waals surface area contributed by atoms with Gasteiger partial charge in [0, 0.05) is 0 Å². The first-order valence-corrected chi connectivity index (χ1v) is 18.7. The molecule has 4 rings (SSSR count). The molecule has 0 saturated carbocycles. The third-order valence-corrected chi connectivity index (χ3v) is 23.5. The maximum Gasteiger partial charge on any atom is -1.00 e. The molecule has 2 aliphatic rings. The number of halogens is 2. The maximum atomic E-state index is 5.90. The monoisotopic (exact) mass is 536 g/mol. The third kappa shape index (κ3) is 4.39. The van der Waals surface area contributed by atoms with Gasteiger partial charge in [-0.15, -0.1) is 0 Å². The van der Waals surface area contributed by atoms with Crippen molar-refractivity contribution in [1.82, 2.24) is 0 Å². The summed E-state index contributed by atoms with van der Waals surface area (Å²) in [7, 11) is 0. The summed E-state index contributed by atoms with van der Waals surface area (Å²) < 4.78 is 15.3. The standard InChI is InChI=1S/2C11H11O.C2H6Si.2ClH.Zr/c2*1-8-6-9(2)10(7-8)11-4-3-5-12-11;1-3-2;;;/h2*3-6,8H,1-2H3;1-2H3;2*1H;/q;;;;;+2/p-2. The van der Waals surface area contributed by atoms with E-state index in [-0.39, 0.29) is 24.8 Å². The SMILES string of the molecule is CC1=CC(C)[C]([Zr+2]([C]2=C(c3ccco3)C(C)=CC2C)=[Si](C)C)=C1c1ccco1.[Cl-].[Cl-]. The fraction of sp³-hybridized carbons (Fsp3) is 0.333. The molecule has 2 heterocycles. The Morgan fingerprint density at radius 1 is 0.767 bits per heavy atom. The quantitative estimate of drug-likeness (QED) is 0.545. The molecule has 0 amide bonds. The topological polar surface area (TPSA) is 26.3 Å². The van der Waals surface area contributed by atoms with Gasteiger partial charge in [0.05, 0.1) is 0 Å². The van der Waals surface area contributed by atoms with Gasteiger partial charge in [0.25, 0.3) is 0 Å². The van der Waals surface area contributed by atoms with Crippen LogP contribution in [-0.2, 0) is 20.4 Å².